The first-order valence-electron chi connectivity index (χ1n) is 7.64. The van der Waals surface area contributed by atoms with Gasteiger partial charge in [-0.25, -0.2) is 4.98 Å². The smallest absolute Gasteiger partial charge is 0.0731 e. The molecular formula is C20H14N4. The number of rotatable bonds is 3. The van der Waals surface area contributed by atoms with Gasteiger partial charge in [0.05, 0.1) is 17.1 Å². The standard InChI is InChI=1S/C20H14N4/c1-2-10-23-18(7-1)17-11-19(15-5-3-8-21-13-15)24-20(12-17)16-6-4-9-22-14-16/h1-14H. The van der Waals surface area contributed by atoms with Crippen molar-refractivity contribution in [3.63, 3.8) is 0 Å². The van der Waals surface area contributed by atoms with Crippen molar-refractivity contribution in [2.75, 3.05) is 0 Å². The van der Waals surface area contributed by atoms with Gasteiger partial charge in [-0.05, 0) is 48.5 Å². The highest BCUT2D eigenvalue weighted by molar-refractivity contribution is 5.74. The molecule has 0 spiro atoms. The maximum absolute atomic E-state index is 4.79. The van der Waals surface area contributed by atoms with Gasteiger partial charge in [0.25, 0.3) is 0 Å². The molecule has 4 aromatic heterocycles. The molecule has 4 heterocycles. The Morgan fingerprint density at radius 3 is 1.71 bits per heavy atom. The van der Waals surface area contributed by atoms with E-state index < -0.39 is 0 Å². The third-order valence-electron chi connectivity index (χ3n) is 3.70. The molecule has 0 saturated heterocycles. The third kappa shape index (κ3) is 2.90. The van der Waals surface area contributed by atoms with Gasteiger partial charge in [0.2, 0.25) is 0 Å². The Labute approximate surface area is 139 Å². The zero-order valence-corrected chi connectivity index (χ0v) is 12.9. The van der Waals surface area contributed by atoms with Crippen molar-refractivity contribution in [3.05, 3.63) is 85.6 Å². The van der Waals surface area contributed by atoms with Crippen LogP contribution in [0.4, 0.5) is 0 Å². The number of hydrogen-bond donors (Lipinski definition) is 0. The van der Waals surface area contributed by atoms with Crippen LogP contribution in [0.15, 0.2) is 85.6 Å². The van der Waals surface area contributed by atoms with E-state index in [1.165, 1.54) is 0 Å². The van der Waals surface area contributed by atoms with Crippen molar-refractivity contribution in [2.24, 2.45) is 0 Å². The molecule has 0 aromatic carbocycles. The topological polar surface area (TPSA) is 51.6 Å². The minimum Gasteiger partial charge on any atom is -0.264 e. The Morgan fingerprint density at radius 2 is 1.21 bits per heavy atom. The van der Waals surface area contributed by atoms with E-state index in [4.69, 9.17) is 4.98 Å². The second kappa shape index (κ2) is 6.38. The molecule has 0 unspecified atom stereocenters. The van der Waals surface area contributed by atoms with E-state index in [9.17, 15) is 0 Å². The van der Waals surface area contributed by atoms with Crippen molar-refractivity contribution in [1.82, 2.24) is 19.9 Å². The lowest BCUT2D eigenvalue weighted by atomic mass is 10.0. The van der Waals surface area contributed by atoms with E-state index in [1.54, 1.807) is 18.6 Å². The van der Waals surface area contributed by atoms with E-state index in [0.29, 0.717) is 0 Å². The largest absolute Gasteiger partial charge is 0.264 e. The van der Waals surface area contributed by atoms with Gasteiger partial charge in [0.1, 0.15) is 0 Å². The SMILES string of the molecule is c1ccc(-c2cc(-c3cccnc3)nc(-c3cccnc3)c2)nc1. The molecule has 4 aromatic rings. The quantitative estimate of drug-likeness (QED) is 0.567. The molecule has 4 heteroatoms. The summed E-state index contributed by atoms with van der Waals surface area (Å²) in [4.78, 5) is 17.6. The highest BCUT2D eigenvalue weighted by atomic mass is 14.7. The minimum atomic E-state index is 0.866. The fourth-order valence-corrected chi connectivity index (χ4v) is 2.54. The Morgan fingerprint density at radius 1 is 0.542 bits per heavy atom. The first-order valence-corrected chi connectivity index (χ1v) is 7.64. The molecule has 0 atom stereocenters. The average molecular weight is 310 g/mol. The van der Waals surface area contributed by atoms with Gasteiger partial charge >= 0.3 is 0 Å². The summed E-state index contributed by atoms with van der Waals surface area (Å²) >= 11 is 0. The van der Waals surface area contributed by atoms with Gasteiger partial charge in [0, 0.05) is 47.7 Å². The lowest BCUT2D eigenvalue weighted by molar-refractivity contribution is 1.25. The number of hydrogen-bond acceptors (Lipinski definition) is 4. The van der Waals surface area contributed by atoms with Crippen molar-refractivity contribution in [3.8, 4) is 33.8 Å². The fraction of sp³-hybridized carbons (Fsp3) is 0. The van der Waals surface area contributed by atoms with Gasteiger partial charge in [-0.2, -0.15) is 0 Å². The Bertz CT molecular complexity index is 799. The lowest BCUT2D eigenvalue weighted by Crippen LogP contribution is -1.92. The predicted molar refractivity (Wildman–Crippen MR) is 93.9 cm³/mol. The van der Waals surface area contributed by atoms with Crippen molar-refractivity contribution < 1.29 is 0 Å². The molecule has 0 aliphatic heterocycles. The molecule has 0 saturated carbocycles. The van der Waals surface area contributed by atoms with Crippen LogP contribution < -0.4 is 0 Å². The van der Waals surface area contributed by atoms with Gasteiger partial charge in [-0.15, -0.1) is 0 Å². The second-order valence-corrected chi connectivity index (χ2v) is 5.32. The van der Waals surface area contributed by atoms with Crippen molar-refractivity contribution in [2.45, 2.75) is 0 Å². The van der Waals surface area contributed by atoms with Crippen LogP contribution in [-0.2, 0) is 0 Å². The molecule has 0 aliphatic carbocycles. The molecular weight excluding hydrogens is 296 g/mol. The van der Waals surface area contributed by atoms with Crippen LogP contribution >= 0.6 is 0 Å². The highest BCUT2D eigenvalue weighted by Crippen LogP contribution is 2.28. The van der Waals surface area contributed by atoms with E-state index in [0.717, 1.165) is 33.8 Å². The maximum Gasteiger partial charge on any atom is 0.0731 e. The van der Waals surface area contributed by atoms with Crippen LogP contribution in [0.5, 0.6) is 0 Å². The lowest BCUT2D eigenvalue weighted by Gasteiger charge is -2.09. The van der Waals surface area contributed by atoms with Crippen molar-refractivity contribution in [1.29, 1.82) is 0 Å². The minimum absolute atomic E-state index is 0.866. The van der Waals surface area contributed by atoms with Crippen LogP contribution in [-0.4, -0.2) is 19.9 Å². The molecule has 24 heavy (non-hydrogen) atoms. The van der Waals surface area contributed by atoms with Crippen molar-refractivity contribution >= 4 is 0 Å². The maximum atomic E-state index is 4.79. The molecule has 0 N–H and O–H groups in total. The summed E-state index contributed by atoms with van der Waals surface area (Å²) < 4.78 is 0. The average Bonchev–Trinajstić information content (AvgIpc) is 2.70. The van der Waals surface area contributed by atoms with Crippen LogP contribution in [0.3, 0.4) is 0 Å². The Hall–Kier alpha value is -3.40. The highest BCUT2D eigenvalue weighted by Gasteiger charge is 2.09. The molecule has 114 valence electrons. The van der Waals surface area contributed by atoms with E-state index in [2.05, 4.69) is 15.0 Å². The summed E-state index contributed by atoms with van der Waals surface area (Å²) in [6, 6.07) is 17.8. The number of nitrogens with zero attached hydrogens (tertiary/aromatic N) is 4. The van der Waals surface area contributed by atoms with E-state index in [1.807, 2.05) is 67.0 Å². The van der Waals surface area contributed by atoms with Gasteiger partial charge in [-0.1, -0.05) is 6.07 Å². The predicted octanol–water partition coefficient (Wildman–Crippen LogP) is 4.27. The molecule has 0 amide bonds. The summed E-state index contributed by atoms with van der Waals surface area (Å²) in [6.07, 6.45) is 8.95. The molecule has 0 radical (unpaired) electrons. The zero-order chi connectivity index (χ0) is 16.2. The van der Waals surface area contributed by atoms with Gasteiger partial charge < -0.3 is 0 Å². The normalized spacial score (nSPS) is 10.5. The summed E-state index contributed by atoms with van der Waals surface area (Å²) in [7, 11) is 0. The monoisotopic (exact) mass is 310 g/mol. The van der Waals surface area contributed by atoms with Crippen LogP contribution in [0.25, 0.3) is 33.8 Å². The Kier molecular flexibility index (Phi) is 3.78. The molecule has 0 fully saturated rings. The van der Waals surface area contributed by atoms with Crippen LogP contribution in [0.2, 0.25) is 0 Å². The second-order valence-electron chi connectivity index (χ2n) is 5.32. The molecule has 0 bridgehead atoms. The van der Waals surface area contributed by atoms with E-state index >= 15 is 0 Å². The summed E-state index contributed by atoms with van der Waals surface area (Å²) in [5, 5.41) is 0. The third-order valence-corrected chi connectivity index (χ3v) is 3.70. The number of aromatic nitrogens is 4. The summed E-state index contributed by atoms with van der Waals surface area (Å²) in [5.74, 6) is 0. The molecule has 4 nitrogen and oxygen atoms in total. The van der Waals surface area contributed by atoms with E-state index in [-0.39, 0.29) is 0 Å². The van der Waals surface area contributed by atoms with Crippen LogP contribution in [0.1, 0.15) is 0 Å². The summed E-state index contributed by atoms with van der Waals surface area (Å²) in [5.41, 5.74) is 5.61. The summed E-state index contributed by atoms with van der Waals surface area (Å²) in [6.45, 7) is 0. The fourth-order valence-electron chi connectivity index (χ4n) is 2.54. The molecule has 4 rings (SSSR count). The zero-order valence-electron chi connectivity index (χ0n) is 12.9. The molecule has 0 aliphatic rings. The van der Waals surface area contributed by atoms with Crippen LogP contribution in [0, 0.1) is 0 Å². The number of pyridine rings is 4. The van der Waals surface area contributed by atoms with Gasteiger partial charge in [0.15, 0.2) is 0 Å². The first-order chi connectivity index (χ1) is 11.9. The first kappa shape index (κ1) is 14.2. The van der Waals surface area contributed by atoms with Gasteiger partial charge in [-0.3, -0.25) is 15.0 Å². The Balaban J connectivity index is 1.92.